The van der Waals surface area contributed by atoms with E-state index in [1.165, 1.54) is 10.5 Å². The molecule has 0 atom stereocenters. The van der Waals surface area contributed by atoms with Crippen LogP contribution in [0.2, 0.25) is 0 Å². The van der Waals surface area contributed by atoms with Crippen molar-refractivity contribution in [1.29, 1.82) is 0 Å². The largest absolute Gasteiger partial charge is 0.398 e. The van der Waals surface area contributed by atoms with E-state index in [-0.39, 0.29) is 0 Å². The number of alkyl halides is 1. The average molecular weight is 279 g/mol. The summed E-state index contributed by atoms with van der Waals surface area (Å²) in [6.07, 6.45) is 2.04. The maximum Gasteiger partial charge on any atom is 0.0455 e. The molecule has 0 bridgehead atoms. The van der Waals surface area contributed by atoms with E-state index in [0.29, 0.717) is 0 Å². The van der Waals surface area contributed by atoms with Crippen LogP contribution in [0.1, 0.15) is 5.56 Å². The van der Waals surface area contributed by atoms with Crippen molar-refractivity contribution < 1.29 is 0 Å². The van der Waals surface area contributed by atoms with Crippen molar-refractivity contribution in [3.05, 3.63) is 23.8 Å². The number of benzene rings is 1. The van der Waals surface area contributed by atoms with Gasteiger partial charge in [0.2, 0.25) is 0 Å². The smallest absolute Gasteiger partial charge is 0.0455 e. The van der Waals surface area contributed by atoms with Crippen LogP contribution in [0.15, 0.2) is 23.1 Å². The third-order valence-corrected chi connectivity index (χ3v) is 3.14. The third-order valence-electron chi connectivity index (χ3n) is 1.45. The number of hydrogen-bond donors (Lipinski definition) is 1. The van der Waals surface area contributed by atoms with Crippen molar-refractivity contribution >= 4 is 40.0 Å². The minimum atomic E-state index is 0.895. The molecule has 3 heteroatoms. The van der Waals surface area contributed by atoms with Gasteiger partial charge in [-0.05, 0) is 24.0 Å². The Morgan fingerprint density at radius 3 is 2.73 bits per heavy atom. The summed E-state index contributed by atoms with van der Waals surface area (Å²) in [6.45, 7) is 0. The normalized spacial score (nSPS) is 10.0. The van der Waals surface area contributed by atoms with Crippen LogP contribution >= 0.6 is 34.4 Å². The molecule has 0 heterocycles. The SMILES string of the molecule is CSc1ccc(CI)cc1N. The molecule has 1 rings (SSSR count). The zero-order chi connectivity index (χ0) is 8.27. The van der Waals surface area contributed by atoms with Crippen molar-refractivity contribution in [1.82, 2.24) is 0 Å². The van der Waals surface area contributed by atoms with Crippen LogP contribution in [0.5, 0.6) is 0 Å². The first kappa shape index (κ1) is 9.19. The molecule has 0 saturated heterocycles. The molecule has 0 saturated carbocycles. The molecule has 0 fully saturated rings. The van der Waals surface area contributed by atoms with E-state index < -0.39 is 0 Å². The molecule has 0 amide bonds. The molecular weight excluding hydrogens is 269 g/mol. The van der Waals surface area contributed by atoms with E-state index in [4.69, 9.17) is 5.73 Å². The van der Waals surface area contributed by atoms with E-state index in [0.717, 1.165) is 10.1 Å². The van der Waals surface area contributed by atoms with E-state index in [2.05, 4.69) is 34.7 Å². The van der Waals surface area contributed by atoms with Gasteiger partial charge in [-0.3, -0.25) is 0 Å². The van der Waals surface area contributed by atoms with Crippen molar-refractivity contribution in [2.24, 2.45) is 0 Å². The lowest BCUT2D eigenvalue weighted by atomic mass is 10.2. The number of nitrogen functional groups attached to an aromatic ring is 1. The van der Waals surface area contributed by atoms with E-state index >= 15 is 0 Å². The maximum atomic E-state index is 5.78. The maximum absolute atomic E-state index is 5.78. The molecule has 2 N–H and O–H groups in total. The van der Waals surface area contributed by atoms with Gasteiger partial charge < -0.3 is 5.73 Å². The third kappa shape index (κ3) is 2.27. The Balaban J connectivity index is 2.99. The molecule has 11 heavy (non-hydrogen) atoms. The summed E-state index contributed by atoms with van der Waals surface area (Å²) < 4.78 is 1.02. The van der Waals surface area contributed by atoms with Gasteiger partial charge in [0, 0.05) is 15.0 Å². The number of nitrogens with two attached hydrogens (primary N) is 1. The summed E-state index contributed by atoms with van der Waals surface area (Å²) in [5.41, 5.74) is 7.97. The van der Waals surface area contributed by atoms with Crippen molar-refractivity contribution in [3.8, 4) is 0 Å². The summed E-state index contributed by atoms with van der Waals surface area (Å²) in [6, 6.07) is 6.24. The minimum absolute atomic E-state index is 0.895. The fourth-order valence-electron chi connectivity index (χ4n) is 0.867. The highest BCUT2D eigenvalue weighted by Crippen LogP contribution is 2.24. The second kappa shape index (κ2) is 4.21. The highest BCUT2D eigenvalue weighted by molar-refractivity contribution is 14.1. The van der Waals surface area contributed by atoms with Gasteiger partial charge in [-0.2, -0.15) is 0 Å². The van der Waals surface area contributed by atoms with Crippen molar-refractivity contribution in [2.75, 3.05) is 12.0 Å². The van der Waals surface area contributed by atoms with E-state index in [1.807, 2.05) is 12.3 Å². The number of rotatable bonds is 2. The first-order chi connectivity index (χ1) is 5.27. The van der Waals surface area contributed by atoms with Crippen LogP contribution in [0.4, 0.5) is 5.69 Å². The lowest BCUT2D eigenvalue weighted by Crippen LogP contribution is -1.89. The predicted molar refractivity (Wildman–Crippen MR) is 60.4 cm³/mol. The zero-order valence-electron chi connectivity index (χ0n) is 6.30. The van der Waals surface area contributed by atoms with Gasteiger partial charge in [0.25, 0.3) is 0 Å². The average Bonchev–Trinajstić information content (AvgIpc) is 2.04. The fourth-order valence-corrected chi connectivity index (χ4v) is 1.84. The molecule has 1 aromatic carbocycles. The van der Waals surface area contributed by atoms with Crippen LogP contribution < -0.4 is 5.73 Å². The molecule has 0 spiro atoms. The standard InChI is InChI=1S/C8H10INS/c1-11-8-3-2-6(5-9)4-7(8)10/h2-4H,5,10H2,1H3. The van der Waals surface area contributed by atoms with Crippen LogP contribution in [0.25, 0.3) is 0 Å². The zero-order valence-corrected chi connectivity index (χ0v) is 9.28. The lowest BCUT2D eigenvalue weighted by molar-refractivity contribution is 1.38. The Morgan fingerprint density at radius 2 is 2.27 bits per heavy atom. The summed E-state index contributed by atoms with van der Waals surface area (Å²) >= 11 is 4.02. The Morgan fingerprint density at radius 1 is 1.55 bits per heavy atom. The van der Waals surface area contributed by atoms with Crippen LogP contribution in [0, 0.1) is 0 Å². The summed E-state index contributed by atoms with van der Waals surface area (Å²) in [7, 11) is 0. The number of hydrogen-bond acceptors (Lipinski definition) is 2. The van der Waals surface area contributed by atoms with Gasteiger partial charge in [0.05, 0.1) is 0 Å². The molecule has 1 aromatic rings. The fraction of sp³-hybridized carbons (Fsp3) is 0.250. The Bertz CT molecular complexity index is 250. The van der Waals surface area contributed by atoms with Gasteiger partial charge >= 0.3 is 0 Å². The number of thioether (sulfide) groups is 1. The van der Waals surface area contributed by atoms with Crippen LogP contribution in [0.3, 0.4) is 0 Å². The molecule has 60 valence electrons. The molecule has 0 unspecified atom stereocenters. The van der Waals surface area contributed by atoms with Crippen molar-refractivity contribution in [2.45, 2.75) is 9.32 Å². The first-order valence-corrected chi connectivity index (χ1v) is 6.01. The molecule has 0 aliphatic rings. The minimum Gasteiger partial charge on any atom is -0.398 e. The highest BCUT2D eigenvalue weighted by atomic mass is 127. The van der Waals surface area contributed by atoms with Gasteiger partial charge in [-0.25, -0.2) is 0 Å². The monoisotopic (exact) mass is 279 g/mol. The number of anilines is 1. The van der Waals surface area contributed by atoms with Crippen molar-refractivity contribution in [3.63, 3.8) is 0 Å². The Hall–Kier alpha value is 0.1000. The second-order valence-electron chi connectivity index (χ2n) is 2.21. The van der Waals surface area contributed by atoms with E-state index in [9.17, 15) is 0 Å². The topological polar surface area (TPSA) is 26.0 Å². The van der Waals surface area contributed by atoms with Crippen LogP contribution in [-0.4, -0.2) is 6.26 Å². The van der Waals surface area contributed by atoms with Gasteiger partial charge in [0.15, 0.2) is 0 Å². The molecule has 1 nitrogen and oxygen atoms in total. The predicted octanol–water partition coefficient (Wildman–Crippen LogP) is 2.93. The van der Waals surface area contributed by atoms with E-state index in [1.54, 1.807) is 11.8 Å². The first-order valence-electron chi connectivity index (χ1n) is 3.26. The quantitative estimate of drug-likeness (QED) is 0.390. The molecule has 0 radical (unpaired) electrons. The lowest BCUT2D eigenvalue weighted by Gasteiger charge is -2.02. The summed E-state index contributed by atoms with van der Waals surface area (Å²) in [5.74, 6) is 0. The summed E-state index contributed by atoms with van der Waals surface area (Å²) in [5, 5.41) is 0. The Kier molecular flexibility index (Phi) is 3.51. The summed E-state index contributed by atoms with van der Waals surface area (Å²) in [4.78, 5) is 1.17. The van der Waals surface area contributed by atoms with Gasteiger partial charge in [0.1, 0.15) is 0 Å². The number of halogens is 1. The molecule has 0 aliphatic heterocycles. The van der Waals surface area contributed by atoms with Gasteiger partial charge in [-0.15, -0.1) is 11.8 Å². The molecule has 0 aromatic heterocycles. The molecular formula is C8H10INS. The second-order valence-corrected chi connectivity index (χ2v) is 3.82. The van der Waals surface area contributed by atoms with Crippen LogP contribution in [-0.2, 0) is 4.43 Å². The Labute approximate surface area is 84.9 Å². The highest BCUT2D eigenvalue weighted by Gasteiger charge is 1.97. The van der Waals surface area contributed by atoms with Gasteiger partial charge in [-0.1, -0.05) is 28.7 Å². The molecule has 0 aliphatic carbocycles.